The van der Waals surface area contributed by atoms with Crippen LogP contribution in [0.2, 0.25) is 4.34 Å². The summed E-state index contributed by atoms with van der Waals surface area (Å²) in [6.07, 6.45) is 2.72. The van der Waals surface area contributed by atoms with Crippen LogP contribution in [0.1, 0.15) is 25.0 Å². The van der Waals surface area contributed by atoms with Crippen LogP contribution in [0.4, 0.5) is 0 Å². The van der Waals surface area contributed by atoms with Crippen molar-refractivity contribution in [1.82, 2.24) is 14.5 Å². The first-order valence-corrected chi connectivity index (χ1v) is 5.67. The Labute approximate surface area is 91.0 Å². The fourth-order valence-electron chi connectivity index (χ4n) is 1.50. The molecule has 4 nitrogen and oxygen atoms in total. The Kier molecular flexibility index (Phi) is 2.98. The van der Waals surface area contributed by atoms with Crippen LogP contribution in [-0.2, 0) is 11.3 Å². The number of carbonyl (C=O) groups excluding carboxylic acids is 1. The number of halogens is 1. The summed E-state index contributed by atoms with van der Waals surface area (Å²) in [6, 6.07) is 0. The van der Waals surface area contributed by atoms with Crippen LogP contribution in [0.5, 0.6) is 0 Å². The van der Waals surface area contributed by atoms with Crippen LogP contribution >= 0.6 is 23.1 Å². The molecule has 1 fully saturated rings. The lowest BCUT2D eigenvalue weighted by Crippen LogP contribution is -2.34. The molecular formula is C8H10ClN3OS. The Hall–Kier alpha value is -0.680. The number of hydrogen-bond donors (Lipinski definition) is 0. The fraction of sp³-hybridized carbons (Fsp3) is 0.625. The molecule has 6 heteroatoms. The second kappa shape index (κ2) is 4.23. The number of nitrogens with zero attached hydrogens (tertiary/aromatic N) is 3. The SMILES string of the molecule is O=C1CCCCN1Cc1nnsc1Cl. The number of piperidine rings is 1. The lowest BCUT2D eigenvalue weighted by atomic mass is 10.1. The van der Waals surface area contributed by atoms with Gasteiger partial charge < -0.3 is 4.90 Å². The van der Waals surface area contributed by atoms with Gasteiger partial charge in [0.05, 0.1) is 6.54 Å². The third-order valence-electron chi connectivity index (χ3n) is 2.27. The van der Waals surface area contributed by atoms with Crippen molar-refractivity contribution >= 4 is 29.0 Å². The van der Waals surface area contributed by atoms with E-state index in [1.54, 1.807) is 4.90 Å². The van der Waals surface area contributed by atoms with Gasteiger partial charge in [-0.25, -0.2) is 0 Å². The molecule has 0 spiro atoms. The highest BCUT2D eigenvalue weighted by Gasteiger charge is 2.20. The minimum absolute atomic E-state index is 0.195. The van der Waals surface area contributed by atoms with E-state index in [9.17, 15) is 4.79 Å². The first kappa shape index (κ1) is 9.86. The van der Waals surface area contributed by atoms with Gasteiger partial charge in [-0.1, -0.05) is 16.1 Å². The van der Waals surface area contributed by atoms with Crippen LogP contribution in [-0.4, -0.2) is 26.9 Å². The average molecular weight is 232 g/mol. The largest absolute Gasteiger partial charge is 0.337 e. The zero-order chi connectivity index (χ0) is 9.97. The van der Waals surface area contributed by atoms with E-state index in [0.29, 0.717) is 23.0 Å². The van der Waals surface area contributed by atoms with Crippen LogP contribution < -0.4 is 0 Å². The number of likely N-dealkylation sites (tertiary alicyclic amines) is 1. The summed E-state index contributed by atoms with van der Waals surface area (Å²) in [5.74, 6) is 0.195. The van der Waals surface area contributed by atoms with Crippen molar-refractivity contribution in [2.45, 2.75) is 25.8 Å². The smallest absolute Gasteiger partial charge is 0.222 e. The topological polar surface area (TPSA) is 46.1 Å². The first-order chi connectivity index (χ1) is 6.77. The summed E-state index contributed by atoms with van der Waals surface area (Å²) >= 11 is 7.02. The lowest BCUT2D eigenvalue weighted by Gasteiger charge is -2.25. The highest BCUT2D eigenvalue weighted by Crippen LogP contribution is 2.21. The third kappa shape index (κ3) is 2.04. The molecule has 2 heterocycles. The molecule has 0 aromatic carbocycles. The van der Waals surface area contributed by atoms with Gasteiger partial charge >= 0.3 is 0 Å². The van der Waals surface area contributed by atoms with Crippen LogP contribution in [0.3, 0.4) is 0 Å². The highest BCUT2D eigenvalue weighted by atomic mass is 35.5. The number of carbonyl (C=O) groups is 1. The van der Waals surface area contributed by atoms with E-state index >= 15 is 0 Å². The minimum atomic E-state index is 0.195. The van der Waals surface area contributed by atoms with Crippen molar-refractivity contribution in [1.29, 1.82) is 0 Å². The quantitative estimate of drug-likeness (QED) is 0.779. The van der Waals surface area contributed by atoms with Gasteiger partial charge in [0.15, 0.2) is 0 Å². The lowest BCUT2D eigenvalue weighted by molar-refractivity contribution is -0.133. The van der Waals surface area contributed by atoms with Gasteiger partial charge in [0, 0.05) is 24.5 Å². The number of aromatic nitrogens is 2. The Bertz CT molecular complexity index is 341. The molecule has 1 amide bonds. The van der Waals surface area contributed by atoms with E-state index in [4.69, 9.17) is 11.6 Å². The van der Waals surface area contributed by atoms with Crippen LogP contribution in [0.15, 0.2) is 0 Å². The third-order valence-corrected chi connectivity index (χ3v) is 3.26. The van der Waals surface area contributed by atoms with Gasteiger partial charge in [-0.05, 0) is 12.8 Å². The van der Waals surface area contributed by atoms with Gasteiger partial charge in [-0.3, -0.25) is 4.79 Å². The van der Waals surface area contributed by atoms with E-state index in [1.807, 2.05) is 0 Å². The maximum absolute atomic E-state index is 11.5. The normalized spacial score (nSPS) is 17.5. The summed E-state index contributed by atoms with van der Waals surface area (Å²) in [4.78, 5) is 13.3. The Morgan fingerprint density at radius 2 is 2.36 bits per heavy atom. The Morgan fingerprint density at radius 3 is 3.00 bits per heavy atom. The molecule has 2 rings (SSSR count). The summed E-state index contributed by atoms with van der Waals surface area (Å²) < 4.78 is 4.32. The van der Waals surface area contributed by atoms with Crippen LogP contribution in [0.25, 0.3) is 0 Å². The number of rotatable bonds is 2. The average Bonchev–Trinajstić information content (AvgIpc) is 2.56. The van der Waals surface area contributed by atoms with E-state index in [-0.39, 0.29) is 5.91 Å². The molecule has 0 aliphatic carbocycles. The molecular weight excluding hydrogens is 222 g/mol. The molecule has 0 atom stereocenters. The van der Waals surface area contributed by atoms with Gasteiger partial charge in [0.1, 0.15) is 10.0 Å². The zero-order valence-electron chi connectivity index (χ0n) is 7.57. The molecule has 1 saturated heterocycles. The molecule has 1 aliphatic rings. The molecule has 76 valence electrons. The molecule has 0 bridgehead atoms. The maximum Gasteiger partial charge on any atom is 0.222 e. The van der Waals surface area contributed by atoms with Crippen LogP contribution in [0, 0.1) is 0 Å². The van der Waals surface area contributed by atoms with Crippen molar-refractivity contribution in [3.8, 4) is 0 Å². The predicted octanol–water partition coefficient (Wildman–Crippen LogP) is 1.70. The van der Waals surface area contributed by atoms with Gasteiger partial charge in [-0.2, -0.15) is 0 Å². The second-order valence-electron chi connectivity index (χ2n) is 3.27. The molecule has 0 unspecified atom stereocenters. The molecule has 0 radical (unpaired) electrons. The first-order valence-electron chi connectivity index (χ1n) is 4.52. The molecule has 0 N–H and O–H groups in total. The summed E-state index contributed by atoms with van der Waals surface area (Å²) in [6.45, 7) is 1.32. The second-order valence-corrected chi connectivity index (χ2v) is 4.62. The molecule has 0 saturated carbocycles. The number of hydrogen-bond acceptors (Lipinski definition) is 4. The summed E-state index contributed by atoms with van der Waals surface area (Å²) in [7, 11) is 0. The minimum Gasteiger partial charge on any atom is -0.337 e. The highest BCUT2D eigenvalue weighted by molar-refractivity contribution is 7.10. The van der Waals surface area contributed by atoms with Crippen molar-refractivity contribution in [3.05, 3.63) is 10.0 Å². The van der Waals surface area contributed by atoms with Gasteiger partial charge in [-0.15, -0.1) is 5.10 Å². The van der Waals surface area contributed by atoms with E-state index < -0.39 is 0 Å². The zero-order valence-corrected chi connectivity index (χ0v) is 9.14. The van der Waals surface area contributed by atoms with E-state index in [0.717, 1.165) is 30.9 Å². The standard InChI is InChI=1S/C8H10ClN3OS/c9-8-6(10-11-14-8)5-12-4-2-1-3-7(12)13/h1-5H2. The molecule has 1 aliphatic heterocycles. The van der Waals surface area contributed by atoms with Crippen molar-refractivity contribution < 1.29 is 4.79 Å². The molecule has 1 aromatic rings. The van der Waals surface area contributed by atoms with Crippen molar-refractivity contribution in [2.75, 3.05) is 6.54 Å². The number of amides is 1. The monoisotopic (exact) mass is 231 g/mol. The van der Waals surface area contributed by atoms with Crippen molar-refractivity contribution in [2.24, 2.45) is 0 Å². The molecule has 14 heavy (non-hydrogen) atoms. The molecule has 1 aromatic heterocycles. The Morgan fingerprint density at radius 1 is 1.50 bits per heavy atom. The predicted molar refractivity (Wildman–Crippen MR) is 54.2 cm³/mol. The van der Waals surface area contributed by atoms with E-state index in [1.165, 1.54) is 0 Å². The van der Waals surface area contributed by atoms with E-state index in [2.05, 4.69) is 9.59 Å². The summed E-state index contributed by atoms with van der Waals surface area (Å²) in [5.41, 5.74) is 0.715. The maximum atomic E-state index is 11.5. The van der Waals surface area contributed by atoms with Gasteiger partial charge in [0.25, 0.3) is 0 Å². The fourth-order valence-corrected chi connectivity index (χ4v) is 2.11. The summed E-state index contributed by atoms with van der Waals surface area (Å²) in [5, 5.41) is 3.89. The van der Waals surface area contributed by atoms with Gasteiger partial charge in [0.2, 0.25) is 5.91 Å². The Balaban J connectivity index is 2.03. The van der Waals surface area contributed by atoms with Crippen molar-refractivity contribution in [3.63, 3.8) is 0 Å².